The van der Waals surface area contributed by atoms with Crippen LogP contribution in [0.3, 0.4) is 0 Å². The van der Waals surface area contributed by atoms with E-state index >= 15 is 0 Å². The molecule has 0 spiro atoms. The van der Waals surface area contributed by atoms with Crippen molar-refractivity contribution >= 4 is 50.2 Å². The molecule has 1 aliphatic carbocycles. The largest absolute Gasteiger partial charge is 0.363 e. The maximum Gasteiger partial charge on any atom is 0.243 e. The Morgan fingerprint density at radius 2 is 2.17 bits per heavy atom. The lowest BCUT2D eigenvalue weighted by Crippen LogP contribution is -2.05. The molecule has 4 nitrogen and oxygen atoms in total. The predicted molar refractivity (Wildman–Crippen MR) is 103 cm³/mol. The van der Waals surface area contributed by atoms with Gasteiger partial charge in [0.2, 0.25) is 5.28 Å². The van der Waals surface area contributed by atoms with Crippen molar-refractivity contribution in [3.63, 3.8) is 0 Å². The lowest BCUT2D eigenvalue weighted by Gasteiger charge is -2.20. The Hall–Kier alpha value is -1.11. The molecule has 3 aromatic rings. The van der Waals surface area contributed by atoms with Crippen molar-refractivity contribution in [1.82, 2.24) is 14.6 Å². The highest BCUT2D eigenvalue weighted by atomic mass is 79.9. The molecule has 0 aromatic carbocycles. The fourth-order valence-electron chi connectivity index (χ4n) is 3.43. The lowest BCUT2D eigenvalue weighted by molar-refractivity contribution is 0.442. The number of aromatic nitrogens is 3. The van der Waals surface area contributed by atoms with Crippen molar-refractivity contribution < 1.29 is 0 Å². The summed E-state index contributed by atoms with van der Waals surface area (Å²) in [6.07, 6.45) is 6.45. The molecule has 1 N–H and O–H groups in total. The van der Waals surface area contributed by atoms with E-state index in [2.05, 4.69) is 54.9 Å². The van der Waals surface area contributed by atoms with Crippen molar-refractivity contribution in [2.75, 3.05) is 5.32 Å². The number of fused-ring (bicyclic) bond motifs is 1. The minimum Gasteiger partial charge on any atom is -0.363 e. The Morgan fingerprint density at radius 3 is 2.92 bits per heavy atom. The van der Waals surface area contributed by atoms with Crippen LogP contribution in [-0.4, -0.2) is 14.6 Å². The zero-order chi connectivity index (χ0) is 16.5. The van der Waals surface area contributed by atoms with Crippen LogP contribution in [0.15, 0.2) is 28.2 Å². The Balaban J connectivity index is 1.70. The molecular formula is C17H18BrClN4S. The monoisotopic (exact) mass is 424 g/mol. The van der Waals surface area contributed by atoms with E-state index in [1.54, 1.807) is 11.3 Å². The summed E-state index contributed by atoms with van der Waals surface area (Å²) in [7, 11) is 0. The van der Waals surface area contributed by atoms with E-state index in [4.69, 9.17) is 11.6 Å². The maximum atomic E-state index is 6.15. The molecular weight excluding hydrogens is 408 g/mol. The van der Waals surface area contributed by atoms with Crippen molar-refractivity contribution in [3.05, 3.63) is 43.9 Å². The lowest BCUT2D eigenvalue weighted by atomic mass is 9.85. The third-order valence-corrected chi connectivity index (χ3v) is 6.46. The molecule has 0 unspecified atom stereocenters. The van der Waals surface area contributed by atoms with Crippen LogP contribution in [0.25, 0.3) is 5.52 Å². The molecule has 4 rings (SSSR count). The highest BCUT2D eigenvalue weighted by Gasteiger charge is 2.22. The Morgan fingerprint density at radius 1 is 1.33 bits per heavy atom. The van der Waals surface area contributed by atoms with Gasteiger partial charge in [-0.15, -0.1) is 16.4 Å². The molecule has 0 radical (unpaired) electrons. The number of nitrogens with zero attached hydrogens (tertiary/aromatic N) is 3. The molecule has 126 valence electrons. The van der Waals surface area contributed by atoms with Crippen LogP contribution in [0.1, 0.15) is 48.5 Å². The normalized spacial score (nSPS) is 15.9. The molecule has 3 aromatic heterocycles. The minimum atomic E-state index is 0.252. The number of nitrogens with one attached hydrogen (secondary N) is 1. The molecule has 0 atom stereocenters. The third-order valence-electron chi connectivity index (χ3n) is 4.63. The third kappa shape index (κ3) is 3.19. The van der Waals surface area contributed by atoms with Gasteiger partial charge in [-0.3, -0.25) is 0 Å². The molecule has 0 saturated heterocycles. The smallest absolute Gasteiger partial charge is 0.243 e. The average Bonchev–Trinajstić information content (AvgIpc) is 3.22. The second-order valence-corrected chi connectivity index (χ2v) is 8.31. The number of hydrogen-bond acceptors (Lipinski definition) is 4. The summed E-state index contributed by atoms with van der Waals surface area (Å²) in [5.41, 5.74) is 2.30. The van der Waals surface area contributed by atoms with E-state index in [0.717, 1.165) is 22.5 Å². The minimum absolute atomic E-state index is 0.252. The fourth-order valence-corrected chi connectivity index (χ4v) is 4.94. The topological polar surface area (TPSA) is 42.2 Å². The molecule has 7 heteroatoms. The highest BCUT2D eigenvalue weighted by Crippen LogP contribution is 2.39. The van der Waals surface area contributed by atoms with Crippen molar-refractivity contribution in [3.8, 4) is 0 Å². The van der Waals surface area contributed by atoms with E-state index in [1.807, 2.05) is 4.52 Å². The molecule has 1 aliphatic rings. The van der Waals surface area contributed by atoms with Crippen LogP contribution in [-0.2, 0) is 6.54 Å². The number of rotatable bonds is 4. The molecule has 0 bridgehead atoms. The van der Waals surface area contributed by atoms with Crippen LogP contribution in [0.2, 0.25) is 5.28 Å². The van der Waals surface area contributed by atoms with Gasteiger partial charge in [0.1, 0.15) is 10.1 Å². The van der Waals surface area contributed by atoms with Crippen molar-refractivity contribution in [2.45, 2.75) is 44.6 Å². The standard InChI is InChI=1S/C17H18BrClN4S/c18-15-13(11-5-2-1-3-6-11)9-14-16(21-17(19)22-23(14)15)20-10-12-7-4-8-24-12/h4,7-9,11H,1-3,5-6,10H2,(H,20,21,22). The molecule has 24 heavy (non-hydrogen) atoms. The van der Waals surface area contributed by atoms with E-state index in [1.165, 1.54) is 42.5 Å². The van der Waals surface area contributed by atoms with Gasteiger partial charge in [-0.2, -0.15) is 4.98 Å². The first-order valence-electron chi connectivity index (χ1n) is 8.23. The number of halogens is 2. The van der Waals surface area contributed by atoms with E-state index in [0.29, 0.717) is 5.92 Å². The number of hydrogen-bond donors (Lipinski definition) is 1. The van der Waals surface area contributed by atoms with Gasteiger partial charge in [-0.1, -0.05) is 25.3 Å². The second-order valence-electron chi connectivity index (χ2n) is 6.18. The first-order valence-corrected chi connectivity index (χ1v) is 10.3. The Kier molecular flexibility index (Phi) is 4.79. The number of thiophene rings is 1. The van der Waals surface area contributed by atoms with Gasteiger partial charge in [0.25, 0.3) is 0 Å². The maximum absolute atomic E-state index is 6.15. The molecule has 0 amide bonds. The summed E-state index contributed by atoms with van der Waals surface area (Å²) >= 11 is 11.6. The van der Waals surface area contributed by atoms with Crippen LogP contribution >= 0.6 is 38.9 Å². The highest BCUT2D eigenvalue weighted by molar-refractivity contribution is 9.10. The zero-order valence-corrected chi connectivity index (χ0v) is 16.3. The van der Waals surface area contributed by atoms with Crippen molar-refractivity contribution in [2.24, 2.45) is 0 Å². The SMILES string of the molecule is Clc1nc(NCc2cccs2)c2cc(C3CCCCC3)c(Br)n2n1. The van der Waals surface area contributed by atoms with Crippen LogP contribution in [0.4, 0.5) is 5.82 Å². The Bertz CT molecular complexity index is 840. The summed E-state index contributed by atoms with van der Waals surface area (Å²) in [4.78, 5) is 5.67. The molecule has 0 aliphatic heterocycles. The van der Waals surface area contributed by atoms with Gasteiger partial charge < -0.3 is 5.32 Å². The van der Waals surface area contributed by atoms with Gasteiger partial charge in [0.15, 0.2) is 5.82 Å². The number of anilines is 1. The second kappa shape index (κ2) is 7.02. The summed E-state index contributed by atoms with van der Waals surface area (Å²) < 4.78 is 2.88. The molecule has 3 heterocycles. The van der Waals surface area contributed by atoms with Crippen LogP contribution in [0.5, 0.6) is 0 Å². The fraction of sp³-hybridized carbons (Fsp3) is 0.412. The summed E-state index contributed by atoms with van der Waals surface area (Å²) in [5.74, 6) is 1.38. The van der Waals surface area contributed by atoms with Gasteiger partial charge >= 0.3 is 0 Å². The van der Waals surface area contributed by atoms with Gasteiger partial charge in [0, 0.05) is 4.88 Å². The predicted octanol–water partition coefficient (Wildman–Crippen LogP) is 5.87. The van der Waals surface area contributed by atoms with Crippen LogP contribution < -0.4 is 5.32 Å². The first kappa shape index (κ1) is 16.4. The van der Waals surface area contributed by atoms with E-state index in [9.17, 15) is 0 Å². The zero-order valence-electron chi connectivity index (χ0n) is 13.1. The van der Waals surface area contributed by atoms with Gasteiger partial charge in [0.05, 0.1) is 6.54 Å². The Labute approximate surface area is 158 Å². The molecule has 1 saturated carbocycles. The summed E-state index contributed by atoms with van der Waals surface area (Å²) in [6, 6.07) is 6.38. The molecule has 1 fully saturated rings. The van der Waals surface area contributed by atoms with E-state index in [-0.39, 0.29) is 5.28 Å². The van der Waals surface area contributed by atoms with Gasteiger partial charge in [-0.05, 0) is 69.4 Å². The summed E-state index contributed by atoms with van der Waals surface area (Å²) in [5, 5.41) is 10.1. The van der Waals surface area contributed by atoms with Gasteiger partial charge in [-0.25, -0.2) is 4.52 Å². The van der Waals surface area contributed by atoms with Crippen molar-refractivity contribution in [1.29, 1.82) is 0 Å². The van der Waals surface area contributed by atoms with Crippen LogP contribution in [0, 0.1) is 0 Å². The quantitative estimate of drug-likeness (QED) is 0.568. The summed E-state index contributed by atoms with van der Waals surface area (Å²) in [6.45, 7) is 0.738. The average molecular weight is 426 g/mol. The first-order chi connectivity index (χ1) is 11.7. The van der Waals surface area contributed by atoms with E-state index < -0.39 is 0 Å².